The van der Waals surface area contributed by atoms with Crippen molar-refractivity contribution in [1.82, 2.24) is 0 Å². The van der Waals surface area contributed by atoms with Gasteiger partial charge in [-0.3, -0.25) is 0 Å². The van der Waals surface area contributed by atoms with Gasteiger partial charge in [-0.05, 0) is 18.2 Å². The Kier molecular flexibility index (Phi) is 4.47. The lowest BCUT2D eigenvalue weighted by molar-refractivity contribution is 0.406. The molecule has 0 aromatic heterocycles. The summed E-state index contributed by atoms with van der Waals surface area (Å²) in [5.41, 5.74) is 7.17. The summed E-state index contributed by atoms with van der Waals surface area (Å²) in [6.45, 7) is 0. The summed E-state index contributed by atoms with van der Waals surface area (Å²) in [6.07, 6.45) is 0. The van der Waals surface area contributed by atoms with E-state index in [0.717, 1.165) is 0 Å². The molecule has 0 spiro atoms. The fourth-order valence-electron chi connectivity index (χ4n) is 2.00. The molecule has 2 aromatic rings. The van der Waals surface area contributed by atoms with Crippen LogP contribution in [-0.4, -0.2) is 14.2 Å². The number of rotatable bonds is 4. The average molecular weight is 296 g/mol. The Labute approximate surface area is 122 Å². The van der Waals surface area contributed by atoms with Gasteiger partial charge in [-0.1, -0.05) is 23.7 Å². The molecule has 0 heterocycles. The van der Waals surface area contributed by atoms with Gasteiger partial charge < -0.3 is 15.2 Å². The van der Waals surface area contributed by atoms with E-state index in [-0.39, 0.29) is 0 Å². The molecule has 5 heteroatoms. The van der Waals surface area contributed by atoms with Gasteiger partial charge in [0.1, 0.15) is 17.3 Å². The van der Waals surface area contributed by atoms with E-state index in [4.69, 9.17) is 26.8 Å². The Morgan fingerprint density at radius 3 is 2.35 bits per heavy atom. The fourth-order valence-corrected chi connectivity index (χ4v) is 2.16. The molecule has 0 radical (unpaired) electrons. The number of hydrogen-bond donors (Lipinski definition) is 1. The molecule has 0 aliphatic carbocycles. The zero-order valence-corrected chi connectivity index (χ0v) is 11.9. The largest absolute Gasteiger partial charge is 0.497 e. The highest BCUT2D eigenvalue weighted by Gasteiger charge is 2.18. The predicted octanol–water partition coefficient (Wildman–Crippen LogP) is 3.54. The number of methoxy groups -OCH3 is 2. The maximum absolute atomic E-state index is 14.1. The van der Waals surface area contributed by atoms with Crippen LogP contribution in [0.4, 0.5) is 4.39 Å². The molecule has 0 bridgehead atoms. The van der Waals surface area contributed by atoms with Gasteiger partial charge in [0.05, 0.1) is 20.3 Å². The third-order valence-electron chi connectivity index (χ3n) is 3.07. The van der Waals surface area contributed by atoms with Gasteiger partial charge in [0.25, 0.3) is 0 Å². The standard InChI is InChI=1S/C15H15ClFNO2/c1-19-10-4-6-11(13(17)8-10)15(18)12-5-3-9(16)7-14(12)20-2/h3-8,15H,18H2,1-2H3. The monoisotopic (exact) mass is 295 g/mol. The molecule has 1 unspecified atom stereocenters. The molecule has 1 atom stereocenters. The van der Waals surface area contributed by atoms with Gasteiger partial charge in [0.15, 0.2) is 0 Å². The normalized spacial score (nSPS) is 12.1. The van der Waals surface area contributed by atoms with Crippen LogP contribution in [0.15, 0.2) is 36.4 Å². The average Bonchev–Trinajstić information content (AvgIpc) is 2.46. The Bertz CT molecular complexity index is 619. The van der Waals surface area contributed by atoms with Gasteiger partial charge in [-0.2, -0.15) is 0 Å². The summed E-state index contributed by atoms with van der Waals surface area (Å²) in [5.74, 6) is 0.551. The minimum absolute atomic E-state index is 0.367. The smallest absolute Gasteiger partial charge is 0.132 e. The molecule has 20 heavy (non-hydrogen) atoms. The van der Waals surface area contributed by atoms with Crippen LogP contribution < -0.4 is 15.2 Å². The van der Waals surface area contributed by atoms with Crippen LogP contribution in [0.25, 0.3) is 0 Å². The minimum Gasteiger partial charge on any atom is -0.497 e. The van der Waals surface area contributed by atoms with E-state index in [2.05, 4.69) is 0 Å². The first-order chi connectivity index (χ1) is 9.56. The van der Waals surface area contributed by atoms with Crippen molar-refractivity contribution in [2.75, 3.05) is 14.2 Å². The van der Waals surface area contributed by atoms with Crippen molar-refractivity contribution in [3.63, 3.8) is 0 Å². The van der Waals surface area contributed by atoms with Gasteiger partial charge in [0.2, 0.25) is 0 Å². The quantitative estimate of drug-likeness (QED) is 0.938. The van der Waals surface area contributed by atoms with Gasteiger partial charge in [-0.15, -0.1) is 0 Å². The Morgan fingerprint density at radius 1 is 1.05 bits per heavy atom. The first-order valence-electron chi connectivity index (χ1n) is 5.99. The highest BCUT2D eigenvalue weighted by Crippen LogP contribution is 2.32. The third-order valence-corrected chi connectivity index (χ3v) is 3.31. The van der Waals surface area contributed by atoms with Crippen LogP contribution in [0.3, 0.4) is 0 Å². The SMILES string of the molecule is COc1ccc(C(N)c2ccc(Cl)cc2OC)c(F)c1. The van der Waals surface area contributed by atoms with E-state index in [1.165, 1.54) is 20.3 Å². The number of benzene rings is 2. The summed E-state index contributed by atoms with van der Waals surface area (Å²) in [6, 6.07) is 9.01. The van der Waals surface area contributed by atoms with Crippen molar-refractivity contribution in [3.05, 3.63) is 58.4 Å². The van der Waals surface area contributed by atoms with Crippen LogP contribution in [0.5, 0.6) is 11.5 Å². The van der Waals surface area contributed by atoms with Gasteiger partial charge >= 0.3 is 0 Å². The molecule has 0 saturated carbocycles. The van der Waals surface area contributed by atoms with Crippen molar-refractivity contribution in [2.24, 2.45) is 5.73 Å². The van der Waals surface area contributed by atoms with E-state index in [1.807, 2.05) is 0 Å². The lowest BCUT2D eigenvalue weighted by Gasteiger charge is -2.17. The zero-order valence-electron chi connectivity index (χ0n) is 11.2. The summed E-state index contributed by atoms with van der Waals surface area (Å²) < 4.78 is 24.3. The summed E-state index contributed by atoms with van der Waals surface area (Å²) >= 11 is 5.91. The molecule has 0 fully saturated rings. The Hall–Kier alpha value is -1.78. The number of nitrogens with two attached hydrogens (primary N) is 1. The van der Waals surface area contributed by atoms with Crippen LogP contribution in [-0.2, 0) is 0 Å². The molecule has 106 valence electrons. The molecule has 0 amide bonds. The van der Waals surface area contributed by atoms with Gasteiger partial charge in [-0.25, -0.2) is 4.39 Å². The summed E-state index contributed by atoms with van der Waals surface area (Å²) in [7, 11) is 3.00. The van der Waals surface area contributed by atoms with Crippen LogP contribution in [0, 0.1) is 5.82 Å². The highest BCUT2D eigenvalue weighted by molar-refractivity contribution is 6.30. The maximum atomic E-state index is 14.1. The molecule has 2 N–H and O–H groups in total. The second-order valence-electron chi connectivity index (χ2n) is 4.25. The molecule has 0 aliphatic heterocycles. The number of halogens is 2. The fraction of sp³-hybridized carbons (Fsp3) is 0.200. The van der Waals surface area contributed by atoms with Crippen molar-refractivity contribution in [2.45, 2.75) is 6.04 Å². The minimum atomic E-state index is -0.645. The van der Waals surface area contributed by atoms with Crippen LogP contribution in [0.1, 0.15) is 17.2 Å². The zero-order chi connectivity index (χ0) is 14.7. The lowest BCUT2D eigenvalue weighted by atomic mass is 9.98. The van der Waals surface area contributed by atoms with Crippen molar-refractivity contribution in [3.8, 4) is 11.5 Å². The topological polar surface area (TPSA) is 44.5 Å². The molecule has 2 aromatic carbocycles. The van der Waals surface area contributed by atoms with Crippen molar-refractivity contribution in [1.29, 1.82) is 0 Å². The molecule has 0 saturated heterocycles. The Morgan fingerprint density at radius 2 is 1.75 bits per heavy atom. The second-order valence-corrected chi connectivity index (χ2v) is 4.69. The first kappa shape index (κ1) is 14.6. The maximum Gasteiger partial charge on any atom is 0.132 e. The number of hydrogen-bond acceptors (Lipinski definition) is 3. The predicted molar refractivity (Wildman–Crippen MR) is 77.0 cm³/mol. The van der Waals surface area contributed by atoms with E-state index in [1.54, 1.807) is 30.3 Å². The van der Waals surface area contributed by atoms with E-state index in [0.29, 0.717) is 27.6 Å². The van der Waals surface area contributed by atoms with E-state index < -0.39 is 11.9 Å². The second kappa shape index (κ2) is 6.11. The summed E-state index contributed by atoms with van der Waals surface area (Å²) in [4.78, 5) is 0. The van der Waals surface area contributed by atoms with E-state index in [9.17, 15) is 4.39 Å². The Balaban J connectivity index is 2.43. The van der Waals surface area contributed by atoms with E-state index >= 15 is 0 Å². The van der Waals surface area contributed by atoms with Crippen LogP contribution in [0.2, 0.25) is 5.02 Å². The van der Waals surface area contributed by atoms with Gasteiger partial charge in [0, 0.05) is 22.2 Å². The highest BCUT2D eigenvalue weighted by atomic mass is 35.5. The molecular formula is C15H15ClFNO2. The third kappa shape index (κ3) is 2.86. The van der Waals surface area contributed by atoms with Crippen molar-refractivity contribution < 1.29 is 13.9 Å². The lowest BCUT2D eigenvalue weighted by Crippen LogP contribution is -2.14. The van der Waals surface area contributed by atoms with Crippen LogP contribution >= 0.6 is 11.6 Å². The first-order valence-corrected chi connectivity index (χ1v) is 6.37. The molecule has 0 aliphatic rings. The molecule has 2 rings (SSSR count). The molecular weight excluding hydrogens is 281 g/mol. The number of ether oxygens (including phenoxy) is 2. The molecule has 3 nitrogen and oxygen atoms in total. The van der Waals surface area contributed by atoms with Crippen molar-refractivity contribution >= 4 is 11.6 Å². The summed E-state index contributed by atoms with van der Waals surface area (Å²) in [5, 5.41) is 0.535.